The van der Waals surface area contributed by atoms with E-state index in [0.717, 1.165) is 117 Å². The van der Waals surface area contributed by atoms with Crippen molar-refractivity contribution in [3.63, 3.8) is 0 Å². The van der Waals surface area contributed by atoms with Crippen LogP contribution in [-0.2, 0) is 33.6 Å². The predicted octanol–water partition coefficient (Wildman–Crippen LogP) is 9.18. The summed E-state index contributed by atoms with van der Waals surface area (Å²) < 4.78 is 0. The number of piperazine rings is 3. The first kappa shape index (κ1) is 57.4. The molecule has 9 rings (SSSR count). The fourth-order valence-electron chi connectivity index (χ4n) is 9.81. The first-order valence-corrected chi connectivity index (χ1v) is 27.7. The van der Waals surface area contributed by atoms with Crippen molar-refractivity contribution < 1.29 is 14.4 Å². The van der Waals surface area contributed by atoms with E-state index in [1.54, 1.807) is 0 Å². The Labute approximate surface area is 458 Å². The maximum atomic E-state index is 12.7. The number of amides is 3. The van der Waals surface area contributed by atoms with Crippen LogP contribution in [0.2, 0.25) is 0 Å². The Morgan fingerprint density at radius 2 is 0.688 bits per heavy atom. The Morgan fingerprint density at radius 1 is 0.390 bits per heavy atom. The lowest BCUT2D eigenvalue weighted by atomic mass is 10.0. The zero-order valence-electron chi connectivity index (χ0n) is 47.6. The zero-order chi connectivity index (χ0) is 55.2. The second-order valence-corrected chi connectivity index (χ2v) is 22.0. The fraction of sp³-hybridized carbons (Fsp3) is 0.468. The largest absolute Gasteiger partial charge is 0.352 e. The molecule has 0 aliphatic carbocycles. The van der Waals surface area contributed by atoms with E-state index in [9.17, 15) is 14.4 Å². The highest BCUT2D eigenvalue weighted by atomic mass is 16.2. The number of hydrogen-bond donors (Lipinski definition) is 0. The van der Waals surface area contributed by atoms with Gasteiger partial charge in [-0.3, -0.25) is 14.4 Å². The minimum Gasteiger partial charge on any atom is -0.352 e. The van der Waals surface area contributed by atoms with Gasteiger partial charge >= 0.3 is 0 Å². The molecule has 0 spiro atoms. The molecule has 3 amide bonds. The van der Waals surface area contributed by atoms with E-state index >= 15 is 0 Å². The second-order valence-electron chi connectivity index (χ2n) is 22.0. The highest BCUT2D eigenvalue weighted by Gasteiger charge is 2.29. The number of hydrogen-bond acceptors (Lipinski definition) is 12. The Balaban J connectivity index is 0.000000168. The molecular weight excluding hydrogens is 961 g/mol. The number of benzene rings is 3. The van der Waals surface area contributed by atoms with Crippen LogP contribution in [0.4, 0.5) is 17.5 Å². The molecule has 3 aliphatic heterocycles. The van der Waals surface area contributed by atoms with E-state index in [4.69, 9.17) is 0 Å². The topological polar surface area (TPSA) is 148 Å². The summed E-state index contributed by atoms with van der Waals surface area (Å²) in [6, 6.07) is 37.6. The Bertz CT molecular complexity index is 2670. The molecule has 2 atom stereocenters. The molecule has 0 bridgehead atoms. The highest BCUT2D eigenvalue weighted by Crippen LogP contribution is 2.23. The first-order valence-electron chi connectivity index (χ1n) is 27.7. The van der Waals surface area contributed by atoms with E-state index in [1.165, 1.54) is 16.7 Å². The van der Waals surface area contributed by atoms with Crippen LogP contribution in [0.5, 0.6) is 0 Å². The maximum absolute atomic E-state index is 12.7. The maximum Gasteiger partial charge on any atom is 0.227 e. The molecule has 0 unspecified atom stereocenters. The lowest BCUT2D eigenvalue weighted by Gasteiger charge is -2.40. The van der Waals surface area contributed by atoms with Crippen LogP contribution >= 0.6 is 0 Å². The molecule has 6 heterocycles. The van der Waals surface area contributed by atoms with E-state index in [2.05, 4.69) is 173 Å². The van der Waals surface area contributed by atoms with E-state index < -0.39 is 0 Å². The van der Waals surface area contributed by atoms with Crippen molar-refractivity contribution in [2.45, 2.75) is 125 Å². The molecule has 15 heteroatoms. The first-order chi connectivity index (χ1) is 36.9. The average molecular weight is 1040 g/mol. The SMILES string of the molecule is Cc1ccc(N2CCN(C(=O)Cc3ccc(C(C)C)cc3)CC2)nn1.Cc1ccc(N2CCN(C(=O)Cc3ccc(C(C)C)cc3)C[C@@H]2C)nn1.Cc1ccc(N2CCN(C(=O)Cc3ccc(C(C)C)cc3)C[C@H]2C)nn1. The lowest BCUT2D eigenvalue weighted by molar-refractivity contribution is -0.132. The molecule has 3 aromatic heterocycles. The van der Waals surface area contributed by atoms with Crippen LogP contribution in [0.15, 0.2) is 109 Å². The third-order valence-corrected chi connectivity index (χ3v) is 14.9. The molecule has 15 nitrogen and oxygen atoms in total. The minimum absolute atomic E-state index is 0.198. The van der Waals surface area contributed by atoms with Crippen molar-refractivity contribution in [1.82, 2.24) is 45.3 Å². The predicted molar refractivity (Wildman–Crippen MR) is 309 cm³/mol. The average Bonchev–Trinajstić information content (AvgIpc) is 3.42. The van der Waals surface area contributed by atoms with Crippen LogP contribution in [0.25, 0.3) is 0 Å². The van der Waals surface area contributed by atoms with E-state index in [1.807, 2.05) is 71.9 Å². The fourth-order valence-corrected chi connectivity index (χ4v) is 9.81. The van der Waals surface area contributed by atoms with Gasteiger partial charge in [0.1, 0.15) is 0 Å². The normalized spacial score (nSPS) is 16.8. The van der Waals surface area contributed by atoms with Crippen molar-refractivity contribution in [2.24, 2.45) is 0 Å². The summed E-state index contributed by atoms with van der Waals surface area (Å²) in [5.74, 6) is 4.81. The Hall–Kier alpha value is -7.29. The third-order valence-electron chi connectivity index (χ3n) is 14.9. The number of rotatable bonds is 12. The van der Waals surface area contributed by atoms with Crippen LogP contribution in [0, 0.1) is 20.8 Å². The zero-order valence-corrected chi connectivity index (χ0v) is 47.6. The number of carbonyl (C=O) groups is 3. The quantitative estimate of drug-likeness (QED) is 0.115. The molecule has 3 aliphatic rings. The Morgan fingerprint density at radius 3 is 0.974 bits per heavy atom. The van der Waals surface area contributed by atoms with Gasteiger partial charge in [0.2, 0.25) is 17.7 Å². The van der Waals surface area contributed by atoms with Crippen LogP contribution < -0.4 is 14.7 Å². The smallest absolute Gasteiger partial charge is 0.227 e. The summed E-state index contributed by atoms with van der Waals surface area (Å²) in [6.07, 6.45) is 1.41. The molecule has 3 fully saturated rings. The number of carbonyl (C=O) groups excluding carboxylic acids is 3. The van der Waals surface area contributed by atoms with Gasteiger partial charge in [-0.1, -0.05) is 114 Å². The number of aromatic nitrogens is 6. The molecule has 408 valence electrons. The molecule has 3 aromatic carbocycles. The molecule has 3 saturated heterocycles. The van der Waals surface area contributed by atoms with Gasteiger partial charge in [0.15, 0.2) is 17.5 Å². The Kier molecular flexibility index (Phi) is 20.2. The van der Waals surface area contributed by atoms with Crippen molar-refractivity contribution in [3.8, 4) is 0 Å². The number of anilines is 3. The van der Waals surface area contributed by atoms with Gasteiger partial charge in [0.05, 0.1) is 36.3 Å². The van der Waals surface area contributed by atoms with Crippen molar-refractivity contribution >= 4 is 35.2 Å². The summed E-state index contributed by atoms with van der Waals surface area (Å²) in [5.41, 5.74) is 9.92. The van der Waals surface area contributed by atoms with Gasteiger partial charge in [-0.25, -0.2) is 0 Å². The molecule has 0 saturated carbocycles. The molecule has 0 radical (unpaired) electrons. The van der Waals surface area contributed by atoms with Gasteiger partial charge in [-0.05, 0) is 122 Å². The molecule has 77 heavy (non-hydrogen) atoms. The van der Waals surface area contributed by atoms with Crippen molar-refractivity contribution in [1.29, 1.82) is 0 Å². The van der Waals surface area contributed by atoms with Gasteiger partial charge in [-0.15, -0.1) is 15.3 Å². The van der Waals surface area contributed by atoms with E-state index in [0.29, 0.717) is 37.0 Å². The van der Waals surface area contributed by atoms with Gasteiger partial charge in [-0.2, -0.15) is 15.3 Å². The monoisotopic (exact) mass is 1040 g/mol. The standard InChI is InChI=1S/2C21H28N4O.C20H26N4O/c2*1-15(2)19-8-6-18(7-9-19)13-21(26)24-11-12-25(17(4)14-24)20-10-5-16(3)22-23-20;1-15(2)18-7-5-17(6-8-18)14-20(25)24-12-10-23(11-13-24)19-9-4-16(3)21-22-19/h2*5-10,15,17H,11-14H2,1-4H3;4-9,15H,10-14H2,1-3H3/t2*17-;/m10./s1. The van der Waals surface area contributed by atoms with Crippen molar-refractivity contribution in [3.05, 3.63) is 160 Å². The summed E-state index contributed by atoms with van der Waals surface area (Å²) >= 11 is 0. The van der Waals surface area contributed by atoms with E-state index in [-0.39, 0.29) is 29.8 Å². The lowest BCUT2D eigenvalue weighted by Crippen LogP contribution is -2.54. The van der Waals surface area contributed by atoms with Gasteiger partial charge in [0, 0.05) is 77.5 Å². The number of nitrogens with zero attached hydrogens (tertiary/aromatic N) is 12. The molecule has 0 N–H and O–H groups in total. The van der Waals surface area contributed by atoms with Gasteiger partial charge < -0.3 is 29.4 Å². The molecule has 6 aromatic rings. The summed E-state index contributed by atoms with van der Waals surface area (Å²) in [6.45, 7) is 30.7. The highest BCUT2D eigenvalue weighted by molar-refractivity contribution is 5.80. The minimum atomic E-state index is 0.198. The second kappa shape index (κ2) is 27.2. The summed E-state index contributed by atoms with van der Waals surface area (Å²) in [5, 5.41) is 25.2. The van der Waals surface area contributed by atoms with Crippen LogP contribution in [0.3, 0.4) is 0 Å². The van der Waals surface area contributed by atoms with Crippen LogP contribution in [0.1, 0.15) is 124 Å². The molecular formula is C62H82N12O3. The summed E-state index contributed by atoms with van der Waals surface area (Å²) in [7, 11) is 0. The van der Waals surface area contributed by atoms with Gasteiger partial charge in [0.25, 0.3) is 0 Å². The third kappa shape index (κ3) is 16.4. The van der Waals surface area contributed by atoms with Crippen molar-refractivity contribution in [2.75, 3.05) is 80.1 Å². The van der Waals surface area contributed by atoms with Crippen LogP contribution in [-0.4, -0.2) is 141 Å². The summed E-state index contributed by atoms with van der Waals surface area (Å²) in [4.78, 5) is 50.5. The number of aryl methyl sites for hydroxylation is 3.